The van der Waals surface area contributed by atoms with Crippen molar-refractivity contribution < 1.29 is 24.2 Å². The van der Waals surface area contributed by atoms with E-state index < -0.39 is 23.5 Å². The fourth-order valence-corrected chi connectivity index (χ4v) is 5.88. The number of carboxylic acids is 1. The average Bonchev–Trinajstić information content (AvgIpc) is 3.39. The van der Waals surface area contributed by atoms with Gasteiger partial charge in [-0.3, -0.25) is 9.59 Å². The minimum absolute atomic E-state index is 0.00827. The molecule has 35 heavy (non-hydrogen) atoms. The Morgan fingerprint density at radius 2 is 1.60 bits per heavy atom. The molecule has 0 radical (unpaired) electrons. The van der Waals surface area contributed by atoms with E-state index in [-0.39, 0.29) is 30.8 Å². The van der Waals surface area contributed by atoms with Gasteiger partial charge in [-0.15, -0.1) is 0 Å². The van der Waals surface area contributed by atoms with Gasteiger partial charge in [0.1, 0.15) is 6.61 Å². The lowest BCUT2D eigenvalue weighted by Gasteiger charge is -2.43. The highest BCUT2D eigenvalue weighted by Gasteiger charge is 2.43. The lowest BCUT2D eigenvalue weighted by Crippen LogP contribution is -2.57. The van der Waals surface area contributed by atoms with Crippen molar-refractivity contribution in [2.24, 2.45) is 11.8 Å². The summed E-state index contributed by atoms with van der Waals surface area (Å²) in [7, 11) is 0. The van der Waals surface area contributed by atoms with Crippen LogP contribution < -0.4 is 5.32 Å². The molecule has 7 heteroatoms. The zero-order valence-electron chi connectivity index (χ0n) is 20.0. The quantitative estimate of drug-likeness (QED) is 0.617. The molecule has 2 aliphatic carbocycles. The Hall–Kier alpha value is -3.35. The number of benzene rings is 2. The van der Waals surface area contributed by atoms with E-state index in [0.717, 1.165) is 36.8 Å². The molecule has 0 spiro atoms. The smallest absolute Gasteiger partial charge is 0.407 e. The Labute approximate surface area is 205 Å². The fraction of sp³-hybridized carbons (Fsp3) is 0.464. The fourth-order valence-electron chi connectivity index (χ4n) is 5.88. The van der Waals surface area contributed by atoms with Crippen LogP contribution in [0.1, 0.15) is 56.1 Å². The molecule has 1 unspecified atom stereocenters. The van der Waals surface area contributed by atoms with Gasteiger partial charge in [0.2, 0.25) is 5.91 Å². The topological polar surface area (TPSA) is 95.9 Å². The normalized spacial score (nSPS) is 19.4. The number of alkyl carbamates (subject to hydrolysis) is 1. The molecule has 7 nitrogen and oxygen atoms in total. The van der Waals surface area contributed by atoms with Crippen molar-refractivity contribution >= 4 is 18.0 Å². The maximum Gasteiger partial charge on any atom is 0.407 e. The molecule has 1 heterocycles. The number of likely N-dealkylation sites (tertiary alicyclic amines) is 1. The molecule has 0 aromatic heterocycles. The minimum atomic E-state index is -0.828. The van der Waals surface area contributed by atoms with Crippen LogP contribution in [-0.2, 0) is 14.3 Å². The molecular formula is C28H32N2O5. The van der Waals surface area contributed by atoms with Crippen LogP contribution in [0, 0.1) is 11.8 Å². The van der Waals surface area contributed by atoms with Crippen molar-refractivity contribution in [3.63, 3.8) is 0 Å². The van der Waals surface area contributed by atoms with E-state index in [0.29, 0.717) is 13.1 Å². The van der Waals surface area contributed by atoms with Crippen LogP contribution >= 0.6 is 0 Å². The molecule has 1 saturated carbocycles. The van der Waals surface area contributed by atoms with Crippen LogP contribution in [0.2, 0.25) is 0 Å². The van der Waals surface area contributed by atoms with Gasteiger partial charge in [0, 0.05) is 24.9 Å². The molecule has 1 saturated heterocycles. The predicted octanol–water partition coefficient (Wildman–Crippen LogP) is 4.41. The van der Waals surface area contributed by atoms with Crippen molar-refractivity contribution in [1.29, 1.82) is 0 Å². The number of hydrogen-bond donors (Lipinski definition) is 2. The number of rotatable bonds is 7. The number of nitrogens with one attached hydrogen (secondary N) is 1. The molecule has 1 atom stereocenters. The Morgan fingerprint density at radius 3 is 2.17 bits per heavy atom. The van der Waals surface area contributed by atoms with Crippen LogP contribution in [0.25, 0.3) is 11.1 Å². The second-order valence-corrected chi connectivity index (χ2v) is 10.3. The first kappa shape index (κ1) is 23.4. The van der Waals surface area contributed by atoms with Gasteiger partial charge in [0.25, 0.3) is 0 Å². The van der Waals surface area contributed by atoms with E-state index >= 15 is 0 Å². The number of nitrogens with zero attached hydrogens (tertiary/aromatic N) is 1. The van der Waals surface area contributed by atoms with E-state index in [9.17, 15) is 19.5 Å². The largest absolute Gasteiger partial charge is 0.481 e. The van der Waals surface area contributed by atoms with E-state index in [1.807, 2.05) is 24.3 Å². The lowest BCUT2D eigenvalue weighted by atomic mass is 9.85. The molecule has 2 aromatic rings. The van der Waals surface area contributed by atoms with Crippen LogP contribution in [0.5, 0.6) is 0 Å². The summed E-state index contributed by atoms with van der Waals surface area (Å²) in [6.45, 7) is 2.86. The van der Waals surface area contributed by atoms with Crippen LogP contribution in [0.3, 0.4) is 0 Å². The number of carbonyl (C=O) groups excluding carboxylic acids is 2. The van der Waals surface area contributed by atoms with Crippen molar-refractivity contribution in [3.05, 3.63) is 59.7 Å². The third kappa shape index (κ3) is 4.51. The average molecular weight is 477 g/mol. The SMILES string of the molecule is CC(C(=O)O)C1CN(C(=O)CC2(NC(=O)OCC3c4ccccc4-c4ccccc43)CCCC2)C1. The summed E-state index contributed by atoms with van der Waals surface area (Å²) >= 11 is 0. The van der Waals surface area contributed by atoms with E-state index in [1.165, 1.54) is 11.1 Å². The van der Waals surface area contributed by atoms with E-state index in [2.05, 4.69) is 29.6 Å². The Balaban J connectivity index is 1.20. The second kappa shape index (κ2) is 9.36. The summed E-state index contributed by atoms with van der Waals surface area (Å²) in [6.07, 6.45) is 3.14. The van der Waals surface area contributed by atoms with Gasteiger partial charge < -0.3 is 20.1 Å². The van der Waals surface area contributed by atoms with Gasteiger partial charge in [0.05, 0.1) is 17.9 Å². The van der Waals surface area contributed by atoms with E-state index in [4.69, 9.17) is 4.74 Å². The molecule has 5 rings (SSSR count). The standard InChI is InChI=1S/C28H32N2O5/c1-18(26(32)33)19-15-30(16-19)25(31)14-28(12-6-7-13-28)29-27(34)35-17-24-22-10-4-2-8-20(22)21-9-3-5-11-23(21)24/h2-5,8-11,18-19,24H,6-7,12-17H2,1H3,(H,29,34)(H,32,33). The Kier molecular flexibility index (Phi) is 6.26. The lowest BCUT2D eigenvalue weighted by molar-refractivity contribution is -0.151. The molecule has 0 bridgehead atoms. The van der Waals surface area contributed by atoms with Crippen LogP contribution in [0.15, 0.2) is 48.5 Å². The van der Waals surface area contributed by atoms with E-state index in [1.54, 1.807) is 11.8 Å². The zero-order chi connectivity index (χ0) is 24.6. The Morgan fingerprint density at radius 1 is 1.03 bits per heavy atom. The summed E-state index contributed by atoms with van der Waals surface area (Å²) in [5, 5.41) is 12.2. The summed E-state index contributed by atoms with van der Waals surface area (Å²) in [4.78, 5) is 38.7. The maximum atomic E-state index is 12.9. The number of amides is 2. The molecule has 184 valence electrons. The van der Waals surface area contributed by atoms with Gasteiger partial charge in [-0.2, -0.15) is 0 Å². The predicted molar refractivity (Wildman–Crippen MR) is 131 cm³/mol. The van der Waals surface area contributed by atoms with Crippen molar-refractivity contribution in [2.75, 3.05) is 19.7 Å². The van der Waals surface area contributed by atoms with Crippen molar-refractivity contribution in [2.45, 2.75) is 50.5 Å². The highest BCUT2D eigenvalue weighted by atomic mass is 16.5. The highest BCUT2D eigenvalue weighted by molar-refractivity contribution is 5.81. The number of hydrogen-bond acceptors (Lipinski definition) is 4. The molecule has 2 amide bonds. The van der Waals surface area contributed by atoms with Gasteiger partial charge >= 0.3 is 12.1 Å². The molecule has 2 aromatic carbocycles. The molecule has 2 fully saturated rings. The Bertz CT molecular complexity index is 1090. The first-order valence-electron chi connectivity index (χ1n) is 12.5. The summed E-state index contributed by atoms with van der Waals surface area (Å²) in [6, 6.07) is 16.4. The van der Waals surface area contributed by atoms with Crippen molar-refractivity contribution in [3.8, 4) is 11.1 Å². The number of ether oxygens (including phenoxy) is 1. The minimum Gasteiger partial charge on any atom is -0.481 e. The highest BCUT2D eigenvalue weighted by Crippen LogP contribution is 2.44. The summed E-state index contributed by atoms with van der Waals surface area (Å²) in [5.74, 6) is -1.33. The van der Waals surface area contributed by atoms with Crippen LogP contribution in [-0.4, -0.2) is 53.2 Å². The van der Waals surface area contributed by atoms with Gasteiger partial charge in [0.15, 0.2) is 0 Å². The number of fused-ring (bicyclic) bond motifs is 3. The van der Waals surface area contributed by atoms with Gasteiger partial charge in [-0.05, 0) is 35.1 Å². The molecular weight excluding hydrogens is 444 g/mol. The molecule has 3 aliphatic rings. The third-order valence-electron chi connectivity index (χ3n) is 8.12. The summed E-state index contributed by atoms with van der Waals surface area (Å²) < 4.78 is 5.74. The third-order valence-corrected chi connectivity index (χ3v) is 8.12. The maximum absolute atomic E-state index is 12.9. The number of carboxylic acid groups (broad SMARTS) is 1. The van der Waals surface area contributed by atoms with Crippen molar-refractivity contribution in [1.82, 2.24) is 10.2 Å². The monoisotopic (exact) mass is 476 g/mol. The second-order valence-electron chi connectivity index (χ2n) is 10.3. The van der Waals surface area contributed by atoms with Gasteiger partial charge in [-0.25, -0.2) is 4.79 Å². The molecule has 1 aliphatic heterocycles. The van der Waals surface area contributed by atoms with Gasteiger partial charge in [-0.1, -0.05) is 68.3 Å². The first-order chi connectivity index (χ1) is 16.9. The summed E-state index contributed by atoms with van der Waals surface area (Å²) in [5.41, 5.74) is 4.09. The van der Waals surface area contributed by atoms with Crippen LogP contribution in [0.4, 0.5) is 4.79 Å². The zero-order valence-corrected chi connectivity index (χ0v) is 20.0. The first-order valence-corrected chi connectivity index (χ1v) is 12.5. The molecule has 2 N–H and O–H groups in total. The number of aliphatic carboxylic acids is 1. The number of carbonyl (C=O) groups is 3.